The van der Waals surface area contributed by atoms with Gasteiger partial charge in [-0.2, -0.15) is 0 Å². The number of anilines is 1. The number of thiophene rings is 1. The van der Waals surface area contributed by atoms with Crippen LogP contribution in [0.15, 0.2) is 48.8 Å². The third kappa shape index (κ3) is 2.80. The van der Waals surface area contributed by atoms with Gasteiger partial charge in [-0.05, 0) is 41.8 Å². The summed E-state index contributed by atoms with van der Waals surface area (Å²) in [6.45, 7) is 0. The van der Waals surface area contributed by atoms with Crippen molar-refractivity contribution in [3.8, 4) is 0 Å². The van der Waals surface area contributed by atoms with E-state index in [2.05, 4.69) is 10.3 Å². The van der Waals surface area contributed by atoms with E-state index >= 15 is 0 Å². The maximum Gasteiger partial charge on any atom is 0.284 e. The van der Waals surface area contributed by atoms with Gasteiger partial charge in [0.25, 0.3) is 11.8 Å². The first kappa shape index (κ1) is 14.2. The predicted molar refractivity (Wildman–Crippen MR) is 83.3 cm³/mol. The Morgan fingerprint density at radius 1 is 1.05 bits per heavy atom. The van der Waals surface area contributed by atoms with Crippen LogP contribution in [-0.2, 0) is 0 Å². The summed E-state index contributed by atoms with van der Waals surface area (Å²) in [7, 11) is 0. The molecule has 0 spiro atoms. The van der Waals surface area contributed by atoms with E-state index in [-0.39, 0.29) is 5.91 Å². The second kappa shape index (κ2) is 5.92. The second-order valence-electron chi connectivity index (χ2n) is 4.49. The molecule has 0 saturated heterocycles. The third-order valence-corrected chi connectivity index (χ3v) is 4.16. The minimum Gasteiger partial charge on any atom is -0.322 e. The number of hydroxylamine groups is 1. The van der Waals surface area contributed by atoms with Gasteiger partial charge in [0.1, 0.15) is 0 Å². The highest BCUT2D eigenvalue weighted by molar-refractivity contribution is 7.20. The molecule has 0 aliphatic heterocycles. The van der Waals surface area contributed by atoms with Crippen LogP contribution in [-0.4, -0.2) is 22.0 Å². The maximum absolute atomic E-state index is 12.1. The third-order valence-electron chi connectivity index (χ3n) is 3.04. The summed E-state index contributed by atoms with van der Waals surface area (Å²) in [5, 5.41) is 12.3. The Kier molecular flexibility index (Phi) is 3.82. The van der Waals surface area contributed by atoms with Crippen molar-refractivity contribution >= 4 is 38.9 Å². The Hall–Kier alpha value is -2.77. The SMILES string of the molecule is O=C(Nc1ccc2sc(C(=O)NO)cc2c1)c1ccncc1. The molecule has 0 aliphatic carbocycles. The first-order valence-electron chi connectivity index (χ1n) is 6.37. The molecule has 0 atom stereocenters. The van der Waals surface area contributed by atoms with Gasteiger partial charge in [-0.1, -0.05) is 0 Å². The number of hydrogen-bond donors (Lipinski definition) is 3. The number of nitrogens with one attached hydrogen (secondary N) is 2. The van der Waals surface area contributed by atoms with Crippen LogP contribution in [0.3, 0.4) is 0 Å². The minimum atomic E-state index is -0.552. The van der Waals surface area contributed by atoms with Gasteiger partial charge >= 0.3 is 0 Å². The molecule has 0 fully saturated rings. The largest absolute Gasteiger partial charge is 0.322 e. The zero-order valence-electron chi connectivity index (χ0n) is 11.2. The molecule has 1 aromatic carbocycles. The number of rotatable bonds is 3. The standard InChI is InChI=1S/C15H11N3O3S/c19-14(9-3-5-16-6-4-9)17-11-1-2-12-10(7-11)8-13(22-12)15(20)18-21/h1-8,21H,(H,17,19)(H,18,20). The van der Waals surface area contributed by atoms with Crippen LogP contribution in [0.5, 0.6) is 0 Å². The molecule has 2 heterocycles. The Morgan fingerprint density at radius 2 is 1.82 bits per heavy atom. The first-order chi connectivity index (χ1) is 10.7. The summed E-state index contributed by atoms with van der Waals surface area (Å²) in [5.41, 5.74) is 2.75. The first-order valence-corrected chi connectivity index (χ1v) is 7.18. The molecular formula is C15H11N3O3S. The Bertz CT molecular complexity index is 846. The molecule has 3 aromatic rings. The molecule has 2 aromatic heterocycles. The summed E-state index contributed by atoms with van der Waals surface area (Å²) >= 11 is 1.26. The van der Waals surface area contributed by atoms with Crippen molar-refractivity contribution in [1.29, 1.82) is 0 Å². The molecule has 3 N–H and O–H groups in total. The number of pyridine rings is 1. The number of hydrogen-bond acceptors (Lipinski definition) is 5. The van der Waals surface area contributed by atoms with Gasteiger partial charge in [-0.3, -0.25) is 19.8 Å². The summed E-state index contributed by atoms with van der Waals surface area (Å²) in [6, 6.07) is 10.3. The molecule has 0 aliphatic rings. The van der Waals surface area contributed by atoms with Crippen molar-refractivity contribution in [2.75, 3.05) is 5.32 Å². The molecule has 7 heteroatoms. The Balaban J connectivity index is 1.86. The molecule has 3 rings (SSSR count). The van der Waals surface area contributed by atoms with E-state index in [4.69, 9.17) is 5.21 Å². The monoisotopic (exact) mass is 313 g/mol. The smallest absolute Gasteiger partial charge is 0.284 e. The van der Waals surface area contributed by atoms with Gasteiger partial charge in [0, 0.05) is 28.3 Å². The van der Waals surface area contributed by atoms with Gasteiger partial charge in [-0.15, -0.1) is 11.3 Å². The fourth-order valence-corrected chi connectivity index (χ4v) is 2.93. The Labute approximate surface area is 129 Å². The highest BCUT2D eigenvalue weighted by Crippen LogP contribution is 2.28. The second-order valence-corrected chi connectivity index (χ2v) is 5.58. The van der Waals surface area contributed by atoms with Crippen LogP contribution in [0.25, 0.3) is 10.1 Å². The van der Waals surface area contributed by atoms with E-state index < -0.39 is 5.91 Å². The summed E-state index contributed by atoms with van der Waals surface area (Å²) < 4.78 is 0.889. The lowest BCUT2D eigenvalue weighted by Gasteiger charge is -2.04. The number of aromatic nitrogens is 1. The lowest BCUT2D eigenvalue weighted by atomic mass is 10.2. The number of benzene rings is 1. The van der Waals surface area contributed by atoms with Crippen LogP contribution >= 0.6 is 11.3 Å². The van der Waals surface area contributed by atoms with E-state index in [9.17, 15) is 9.59 Å². The minimum absolute atomic E-state index is 0.231. The van der Waals surface area contributed by atoms with E-state index in [0.29, 0.717) is 16.1 Å². The van der Waals surface area contributed by atoms with Crippen LogP contribution < -0.4 is 10.8 Å². The van der Waals surface area contributed by atoms with Gasteiger partial charge < -0.3 is 5.32 Å². The molecule has 22 heavy (non-hydrogen) atoms. The van der Waals surface area contributed by atoms with Crippen LogP contribution in [0.4, 0.5) is 5.69 Å². The normalized spacial score (nSPS) is 10.4. The lowest BCUT2D eigenvalue weighted by Crippen LogP contribution is -2.16. The van der Waals surface area contributed by atoms with E-state index in [1.165, 1.54) is 11.3 Å². The van der Waals surface area contributed by atoms with Crippen molar-refractivity contribution < 1.29 is 14.8 Å². The Morgan fingerprint density at radius 3 is 2.55 bits per heavy atom. The topological polar surface area (TPSA) is 91.3 Å². The quantitative estimate of drug-likeness (QED) is 0.512. The number of carbonyl (C=O) groups excluding carboxylic acids is 2. The summed E-state index contributed by atoms with van der Waals surface area (Å²) in [5.74, 6) is -0.783. The number of nitrogens with zero attached hydrogens (tertiary/aromatic N) is 1. The molecular weight excluding hydrogens is 302 g/mol. The average Bonchev–Trinajstić information content (AvgIpc) is 2.98. The van der Waals surface area contributed by atoms with E-state index in [1.54, 1.807) is 48.2 Å². The van der Waals surface area contributed by atoms with Crippen LogP contribution in [0, 0.1) is 0 Å². The van der Waals surface area contributed by atoms with Crippen LogP contribution in [0.2, 0.25) is 0 Å². The fourth-order valence-electron chi connectivity index (χ4n) is 1.99. The van der Waals surface area contributed by atoms with Gasteiger partial charge in [0.15, 0.2) is 0 Å². The van der Waals surface area contributed by atoms with E-state index in [1.807, 2.05) is 6.07 Å². The summed E-state index contributed by atoms with van der Waals surface area (Å²) in [6.07, 6.45) is 3.10. The van der Waals surface area contributed by atoms with Crippen molar-refractivity contribution in [2.24, 2.45) is 0 Å². The molecule has 0 radical (unpaired) electrons. The van der Waals surface area contributed by atoms with Crippen molar-refractivity contribution in [2.45, 2.75) is 0 Å². The number of amides is 2. The van der Waals surface area contributed by atoms with Crippen molar-refractivity contribution in [3.63, 3.8) is 0 Å². The summed E-state index contributed by atoms with van der Waals surface area (Å²) in [4.78, 5) is 27.7. The maximum atomic E-state index is 12.1. The van der Waals surface area contributed by atoms with Crippen LogP contribution in [0.1, 0.15) is 20.0 Å². The van der Waals surface area contributed by atoms with Gasteiger partial charge in [0.05, 0.1) is 4.88 Å². The zero-order chi connectivity index (χ0) is 15.5. The molecule has 0 saturated carbocycles. The van der Waals surface area contributed by atoms with Crippen molar-refractivity contribution in [1.82, 2.24) is 10.5 Å². The lowest BCUT2D eigenvalue weighted by molar-refractivity contribution is 0.0711. The highest BCUT2D eigenvalue weighted by Gasteiger charge is 2.11. The van der Waals surface area contributed by atoms with Gasteiger partial charge in [-0.25, -0.2) is 5.48 Å². The highest BCUT2D eigenvalue weighted by atomic mass is 32.1. The molecule has 0 bridgehead atoms. The van der Waals surface area contributed by atoms with Gasteiger partial charge in [0.2, 0.25) is 0 Å². The molecule has 6 nitrogen and oxygen atoms in total. The number of fused-ring (bicyclic) bond motifs is 1. The predicted octanol–water partition coefficient (Wildman–Crippen LogP) is 2.67. The van der Waals surface area contributed by atoms with Crippen molar-refractivity contribution in [3.05, 3.63) is 59.2 Å². The van der Waals surface area contributed by atoms with E-state index in [0.717, 1.165) is 10.1 Å². The molecule has 0 unspecified atom stereocenters. The molecule has 2 amide bonds. The number of carbonyl (C=O) groups is 2. The average molecular weight is 313 g/mol. The zero-order valence-corrected chi connectivity index (χ0v) is 12.1. The molecule has 110 valence electrons. The fraction of sp³-hybridized carbons (Fsp3) is 0.